The Balaban J connectivity index is 1.48. The number of ether oxygens (including phenoxy) is 2. The molecule has 24 heavy (non-hydrogen) atoms. The number of rotatable bonds is 6. The zero-order valence-electron chi connectivity index (χ0n) is 13.8. The predicted octanol–water partition coefficient (Wildman–Crippen LogP) is 3.45. The Morgan fingerprint density at radius 3 is 2.79 bits per heavy atom. The van der Waals surface area contributed by atoms with Gasteiger partial charge in [-0.1, -0.05) is 24.3 Å². The lowest BCUT2D eigenvalue weighted by molar-refractivity contribution is -0.126. The van der Waals surface area contributed by atoms with E-state index in [1.807, 2.05) is 43.3 Å². The van der Waals surface area contributed by atoms with E-state index in [-0.39, 0.29) is 11.5 Å². The van der Waals surface area contributed by atoms with Gasteiger partial charge in [-0.2, -0.15) is 0 Å². The third-order valence-corrected chi connectivity index (χ3v) is 4.09. The van der Waals surface area contributed by atoms with E-state index >= 15 is 0 Å². The molecule has 0 radical (unpaired) electrons. The Morgan fingerprint density at radius 1 is 1.29 bits per heavy atom. The first-order valence-corrected chi connectivity index (χ1v) is 8.21. The summed E-state index contributed by atoms with van der Waals surface area (Å²) in [6.45, 7) is 3.20. The molecule has 1 saturated heterocycles. The molecular formula is C19H22N2O3. The molecule has 1 fully saturated rings. The van der Waals surface area contributed by atoms with Gasteiger partial charge in [0, 0.05) is 25.4 Å². The van der Waals surface area contributed by atoms with E-state index in [0.717, 1.165) is 30.8 Å². The summed E-state index contributed by atoms with van der Waals surface area (Å²) in [4.78, 5) is 16.3. The van der Waals surface area contributed by atoms with Gasteiger partial charge in [0.05, 0.1) is 12.0 Å². The molecule has 1 atom stereocenters. The summed E-state index contributed by atoms with van der Waals surface area (Å²) in [5.41, 5.74) is 0.622. The Labute approximate surface area is 142 Å². The first-order chi connectivity index (χ1) is 11.6. The van der Waals surface area contributed by atoms with Crippen molar-refractivity contribution in [3.8, 4) is 11.6 Å². The van der Waals surface area contributed by atoms with Crippen LogP contribution < -0.4 is 10.1 Å². The lowest BCUT2D eigenvalue weighted by atomic mass is 9.98. The molecule has 1 aromatic heterocycles. The highest BCUT2D eigenvalue weighted by Gasteiger charge is 2.32. The zero-order chi connectivity index (χ0) is 16.8. The molecular weight excluding hydrogens is 304 g/mol. The second-order valence-electron chi connectivity index (χ2n) is 6.28. The minimum atomic E-state index is -0.310. The van der Waals surface area contributed by atoms with Gasteiger partial charge in [-0.15, -0.1) is 0 Å². The number of hydrogen-bond donors (Lipinski definition) is 1. The van der Waals surface area contributed by atoms with Crippen molar-refractivity contribution in [3.05, 3.63) is 54.2 Å². The van der Waals surface area contributed by atoms with Gasteiger partial charge >= 0.3 is 0 Å². The Bertz CT molecular complexity index is 665. The predicted molar refractivity (Wildman–Crippen MR) is 90.8 cm³/mol. The smallest absolute Gasteiger partial charge is 0.223 e. The highest BCUT2D eigenvalue weighted by molar-refractivity contribution is 5.77. The first kappa shape index (κ1) is 16.5. The largest absolute Gasteiger partial charge is 0.439 e. The highest BCUT2D eigenvalue weighted by Crippen LogP contribution is 2.28. The first-order valence-electron chi connectivity index (χ1n) is 8.21. The Morgan fingerprint density at radius 2 is 2.12 bits per heavy atom. The van der Waals surface area contributed by atoms with E-state index in [1.165, 1.54) is 0 Å². The molecule has 1 unspecified atom stereocenters. The van der Waals surface area contributed by atoms with Crippen LogP contribution >= 0.6 is 0 Å². The van der Waals surface area contributed by atoms with Gasteiger partial charge < -0.3 is 14.8 Å². The van der Waals surface area contributed by atoms with Crippen LogP contribution in [0, 0.1) is 0 Å². The van der Waals surface area contributed by atoms with Crippen LogP contribution in [-0.4, -0.2) is 23.1 Å². The number of carbonyl (C=O) groups is 1. The van der Waals surface area contributed by atoms with Crippen LogP contribution in [0.2, 0.25) is 0 Å². The fourth-order valence-corrected chi connectivity index (χ4v) is 2.76. The van der Waals surface area contributed by atoms with Crippen molar-refractivity contribution in [2.75, 3.05) is 6.61 Å². The molecule has 3 rings (SSSR count). The van der Waals surface area contributed by atoms with Gasteiger partial charge in [0.1, 0.15) is 5.75 Å². The fraction of sp³-hybridized carbons (Fsp3) is 0.368. The molecule has 5 heteroatoms. The molecule has 1 N–H and O–H groups in total. The summed E-state index contributed by atoms with van der Waals surface area (Å²) in [5, 5.41) is 2.92. The van der Waals surface area contributed by atoms with Crippen molar-refractivity contribution < 1.29 is 14.3 Å². The highest BCUT2D eigenvalue weighted by atomic mass is 16.5. The summed E-state index contributed by atoms with van der Waals surface area (Å²) in [7, 11) is 0. The average Bonchev–Trinajstić information content (AvgIpc) is 3.01. The topological polar surface area (TPSA) is 60.5 Å². The summed E-state index contributed by atoms with van der Waals surface area (Å²) in [5.74, 6) is 1.28. The molecule has 0 spiro atoms. The number of nitrogens with one attached hydrogen (secondary N) is 1. The molecule has 1 aliphatic rings. The van der Waals surface area contributed by atoms with Gasteiger partial charge in [-0.25, -0.2) is 4.98 Å². The van der Waals surface area contributed by atoms with Gasteiger partial charge in [-0.3, -0.25) is 4.79 Å². The minimum absolute atomic E-state index is 0.00371. The van der Waals surface area contributed by atoms with Crippen LogP contribution in [0.1, 0.15) is 31.7 Å². The summed E-state index contributed by atoms with van der Waals surface area (Å²) in [6, 6.07) is 13.2. The molecule has 1 aromatic carbocycles. The van der Waals surface area contributed by atoms with Gasteiger partial charge in [0.15, 0.2) is 0 Å². The summed E-state index contributed by atoms with van der Waals surface area (Å²) in [6.07, 6.45) is 4.08. The van der Waals surface area contributed by atoms with E-state index in [1.54, 1.807) is 12.3 Å². The maximum absolute atomic E-state index is 12.0. The van der Waals surface area contributed by atoms with Gasteiger partial charge in [-0.05, 0) is 37.5 Å². The van der Waals surface area contributed by atoms with Crippen molar-refractivity contribution in [1.82, 2.24) is 10.3 Å². The van der Waals surface area contributed by atoms with E-state index in [0.29, 0.717) is 18.8 Å². The molecule has 0 aliphatic carbocycles. The van der Waals surface area contributed by atoms with Crippen LogP contribution in [0.5, 0.6) is 11.6 Å². The maximum Gasteiger partial charge on any atom is 0.223 e. The van der Waals surface area contributed by atoms with Crippen LogP contribution in [0.15, 0.2) is 48.7 Å². The number of hydrogen-bond acceptors (Lipinski definition) is 4. The summed E-state index contributed by atoms with van der Waals surface area (Å²) < 4.78 is 11.3. The quantitative estimate of drug-likeness (QED) is 0.883. The number of aromatic nitrogens is 1. The summed E-state index contributed by atoms with van der Waals surface area (Å²) >= 11 is 0. The molecule has 2 heterocycles. The van der Waals surface area contributed by atoms with Crippen molar-refractivity contribution >= 4 is 5.91 Å². The van der Waals surface area contributed by atoms with E-state index in [2.05, 4.69) is 10.3 Å². The van der Waals surface area contributed by atoms with Crippen LogP contribution in [0.25, 0.3) is 0 Å². The van der Waals surface area contributed by atoms with Gasteiger partial charge in [0.2, 0.25) is 11.8 Å². The molecule has 1 aliphatic heterocycles. The second-order valence-corrected chi connectivity index (χ2v) is 6.28. The number of para-hydroxylation sites is 1. The van der Waals surface area contributed by atoms with Crippen LogP contribution in [0.3, 0.4) is 0 Å². The SMILES string of the molecule is CC1(CC(=O)NCc2ccc(Oc3ccccc3)nc2)CCCO1. The van der Waals surface area contributed by atoms with Crippen LogP contribution in [0.4, 0.5) is 0 Å². The van der Waals surface area contributed by atoms with Crippen molar-refractivity contribution in [2.24, 2.45) is 0 Å². The van der Waals surface area contributed by atoms with E-state index in [9.17, 15) is 4.79 Å². The fourth-order valence-electron chi connectivity index (χ4n) is 2.76. The second kappa shape index (κ2) is 7.45. The Kier molecular flexibility index (Phi) is 5.11. The number of benzene rings is 1. The lowest BCUT2D eigenvalue weighted by Gasteiger charge is -2.22. The third kappa shape index (κ3) is 4.55. The zero-order valence-corrected chi connectivity index (χ0v) is 13.8. The van der Waals surface area contributed by atoms with E-state index in [4.69, 9.17) is 9.47 Å². The minimum Gasteiger partial charge on any atom is -0.439 e. The molecule has 126 valence electrons. The van der Waals surface area contributed by atoms with Crippen molar-refractivity contribution in [1.29, 1.82) is 0 Å². The molecule has 1 amide bonds. The Hall–Kier alpha value is -2.40. The van der Waals surface area contributed by atoms with Gasteiger partial charge in [0.25, 0.3) is 0 Å². The van der Waals surface area contributed by atoms with E-state index < -0.39 is 0 Å². The number of carbonyl (C=O) groups excluding carboxylic acids is 1. The standard InChI is InChI=1S/C19H22N2O3/c1-19(10-5-11-23-19)12-17(22)20-13-15-8-9-18(21-14-15)24-16-6-3-2-4-7-16/h2-4,6-9,14H,5,10-13H2,1H3,(H,20,22). The monoisotopic (exact) mass is 326 g/mol. The van der Waals surface area contributed by atoms with Crippen molar-refractivity contribution in [3.63, 3.8) is 0 Å². The van der Waals surface area contributed by atoms with Crippen molar-refractivity contribution in [2.45, 2.75) is 38.3 Å². The number of amides is 1. The number of nitrogens with zero attached hydrogens (tertiary/aromatic N) is 1. The molecule has 0 saturated carbocycles. The normalized spacial score (nSPS) is 19.9. The third-order valence-electron chi connectivity index (χ3n) is 4.09. The van der Waals surface area contributed by atoms with Crippen LogP contribution in [-0.2, 0) is 16.1 Å². The molecule has 2 aromatic rings. The maximum atomic E-state index is 12.0. The number of pyridine rings is 1. The average molecular weight is 326 g/mol. The molecule has 5 nitrogen and oxygen atoms in total. The lowest BCUT2D eigenvalue weighted by Crippen LogP contribution is -2.33. The molecule has 0 bridgehead atoms.